The number of hydrogen-bond donors (Lipinski definition) is 0. The first-order valence-corrected chi connectivity index (χ1v) is 6.54. The summed E-state index contributed by atoms with van der Waals surface area (Å²) in [5.74, 6) is 0.410. The van der Waals surface area contributed by atoms with Gasteiger partial charge in [0.25, 0.3) is 0 Å². The minimum absolute atomic E-state index is 0.171. The maximum atomic E-state index is 12.0. The van der Waals surface area contributed by atoms with Crippen LogP contribution < -0.4 is 0 Å². The van der Waals surface area contributed by atoms with Gasteiger partial charge >= 0.3 is 6.09 Å². The summed E-state index contributed by atoms with van der Waals surface area (Å²) >= 11 is 0. The zero-order valence-electron chi connectivity index (χ0n) is 12.0. The summed E-state index contributed by atoms with van der Waals surface area (Å²) < 4.78 is 11.2. The molecule has 2 heterocycles. The second-order valence-corrected chi connectivity index (χ2v) is 6.45. The number of likely N-dealkylation sites (tertiary alicyclic amines) is 1. The van der Waals surface area contributed by atoms with E-state index in [1.54, 1.807) is 4.90 Å². The standard InChI is InChI=1S/C13H24N2O3/c1-13(2,3)18-12(16)15-6-9-10(14(4)5)8-17-11(9)7-15/h9-11H,6-8H2,1-5H3/t9-,10?,11-/m1/s1. The molecule has 0 aliphatic carbocycles. The van der Waals surface area contributed by atoms with Gasteiger partial charge < -0.3 is 19.3 Å². The van der Waals surface area contributed by atoms with E-state index >= 15 is 0 Å². The Morgan fingerprint density at radius 2 is 2.00 bits per heavy atom. The van der Waals surface area contributed by atoms with E-state index in [0.717, 1.165) is 13.2 Å². The fourth-order valence-electron chi connectivity index (χ4n) is 2.70. The minimum Gasteiger partial charge on any atom is -0.444 e. The van der Waals surface area contributed by atoms with Crippen LogP contribution in [-0.2, 0) is 9.47 Å². The first-order chi connectivity index (χ1) is 8.28. The summed E-state index contributed by atoms with van der Waals surface area (Å²) in [7, 11) is 4.12. The summed E-state index contributed by atoms with van der Waals surface area (Å²) in [6.45, 7) is 7.83. The molecule has 2 aliphatic heterocycles. The maximum Gasteiger partial charge on any atom is 0.410 e. The second kappa shape index (κ2) is 4.70. The quantitative estimate of drug-likeness (QED) is 0.706. The van der Waals surface area contributed by atoms with E-state index in [1.807, 2.05) is 20.8 Å². The lowest BCUT2D eigenvalue weighted by atomic mass is 10.00. The molecule has 18 heavy (non-hydrogen) atoms. The fraction of sp³-hybridized carbons (Fsp3) is 0.923. The Bertz CT molecular complexity index is 325. The average molecular weight is 256 g/mol. The van der Waals surface area contributed by atoms with E-state index in [-0.39, 0.29) is 12.2 Å². The lowest BCUT2D eigenvalue weighted by molar-refractivity contribution is 0.0217. The number of carbonyl (C=O) groups is 1. The van der Waals surface area contributed by atoms with Crippen molar-refractivity contribution in [1.29, 1.82) is 0 Å². The van der Waals surface area contributed by atoms with Gasteiger partial charge in [0.1, 0.15) is 5.60 Å². The summed E-state index contributed by atoms with van der Waals surface area (Å²) in [6.07, 6.45) is -0.0528. The van der Waals surface area contributed by atoms with E-state index in [0.29, 0.717) is 18.5 Å². The molecule has 0 aromatic carbocycles. The van der Waals surface area contributed by atoms with E-state index in [1.165, 1.54) is 0 Å². The SMILES string of the molecule is CN(C)C1CO[C@@H]2CN(C(=O)OC(C)(C)C)C[C@H]12. The first kappa shape index (κ1) is 13.6. The van der Waals surface area contributed by atoms with Gasteiger partial charge in [-0.05, 0) is 34.9 Å². The normalized spacial score (nSPS) is 31.9. The summed E-state index contributed by atoms with van der Waals surface area (Å²) in [6, 6.07) is 0.405. The van der Waals surface area contributed by atoms with Gasteiger partial charge in [-0.1, -0.05) is 0 Å². The molecule has 0 radical (unpaired) electrons. The van der Waals surface area contributed by atoms with Crippen molar-refractivity contribution < 1.29 is 14.3 Å². The molecule has 0 aromatic heterocycles. The fourth-order valence-corrected chi connectivity index (χ4v) is 2.70. The Labute approximate surface area is 109 Å². The Hall–Kier alpha value is -0.810. The van der Waals surface area contributed by atoms with E-state index in [9.17, 15) is 4.79 Å². The van der Waals surface area contributed by atoms with Crippen LogP contribution in [0.2, 0.25) is 0 Å². The molecular formula is C13H24N2O3. The Kier molecular flexibility index (Phi) is 3.56. The molecule has 2 aliphatic rings. The highest BCUT2D eigenvalue weighted by Crippen LogP contribution is 2.32. The van der Waals surface area contributed by atoms with Gasteiger partial charge in [0.2, 0.25) is 0 Å². The third-order valence-corrected chi connectivity index (χ3v) is 3.60. The van der Waals surface area contributed by atoms with Gasteiger partial charge in [0, 0.05) is 18.5 Å². The lowest BCUT2D eigenvalue weighted by Crippen LogP contribution is -2.40. The topological polar surface area (TPSA) is 42.0 Å². The predicted octanol–water partition coefficient (Wildman–Crippen LogP) is 1.18. The van der Waals surface area contributed by atoms with E-state index in [4.69, 9.17) is 9.47 Å². The van der Waals surface area contributed by atoms with Crippen LogP contribution in [0.5, 0.6) is 0 Å². The van der Waals surface area contributed by atoms with Crippen molar-refractivity contribution >= 4 is 6.09 Å². The molecule has 2 fully saturated rings. The maximum absolute atomic E-state index is 12.0. The molecule has 2 rings (SSSR count). The molecule has 0 spiro atoms. The molecule has 0 bridgehead atoms. The van der Waals surface area contributed by atoms with Crippen molar-refractivity contribution in [2.24, 2.45) is 5.92 Å². The van der Waals surface area contributed by atoms with Crippen molar-refractivity contribution in [3.8, 4) is 0 Å². The average Bonchev–Trinajstić information content (AvgIpc) is 2.70. The highest BCUT2D eigenvalue weighted by Gasteiger charge is 2.46. The Balaban J connectivity index is 1.95. The van der Waals surface area contributed by atoms with Gasteiger partial charge in [-0.15, -0.1) is 0 Å². The van der Waals surface area contributed by atoms with Crippen molar-refractivity contribution in [1.82, 2.24) is 9.80 Å². The number of hydrogen-bond acceptors (Lipinski definition) is 4. The van der Waals surface area contributed by atoms with Crippen LogP contribution in [0.15, 0.2) is 0 Å². The zero-order valence-corrected chi connectivity index (χ0v) is 12.0. The largest absolute Gasteiger partial charge is 0.444 e. The molecule has 5 heteroatoms. The molecule has 1 unspecified atom stereocenters. The van der Waals surface area contributed by atoms with Gasteiger partial charge in [0.05, 0.1) is 19.3 Å². The molecule has 2 saturated heterocycles. The van der Waals surface area contributed by atoms with Crippen molar-refractivity contribution in [3.63, 3.8) is 0 Å². The Morgan fingerprint density at radius 3 is 2.56 bits per heavy atom. The summed E-state index contributed by atoms with van der Waals surface area (Å²) in [5, 5.41) is 0. The molecule has 1 amide bonds. The molecular weight excluding hydrogens is 232 g/mol. The van der Waals surface area contributed by atoms with E-state index < -0.39 is 5.60 Å². The number of amides is 1. The molecule has 5 nitrogen and oxygen atoms in total. The first-order valence-electron chi connectivity index (χ1n) is 6.54. The molecule has 3 atom stereocenters. The van der Waals surface area contributed by atoms with Crippen LogP contribution in [0, 0.1) is 5.92 Å². The molecule has 0 saturated carbocycles. The van der Waals surface area contributed by atoms with Crippen molar-refractivity contribution in [2.45, 2.75) is 38.5 Å². The van der Waals surface area contributed by atoms with Crippen molar-refractivity contribution in [3.05, 3.63) is 0 Å². The van der Waals surface area contributed by atoms with Gasteiger partial charge in [0.15, 0.2) is 0 Å². The Morgan fingerprint density at radius 1 is 1.33 bits per heavy atom. The smallest absolute Gasteiger partial charge is 0.410 e. The van der Waals surface area contributed by atoms with Crippen LogP contribution in [-0.4, -0.2) is 67.4 Å². The van der Waals surface area contributed by atoms with E-state index in [2.05, 4.69) is 19.0 Å². The monoisotopic (exact) mass is 256 g/mol. The van der Waals surface area contributed by atoms with Crippen LogP contribution in [0.1, 0.15) is 20.8 Å². The zero-order chi connectivity index (χ0) is 13.5. The van der Waals surface area contributed by atoms with Gasteiger partial charge in [-0.2, -0.15) is 0 Å². The summed E-state index contributed by atoms with van der Waals surface area (Å²) in [4.78, 5) is 16.0. The van der Waals surface area contributed by atoms with Crippen LogP contribution >= 0.6 is 0 Å². The van der Waals surface area contributed by atoms with Crippen LogP contribution in [0.3, 0.4) is 0 Å². The lowest BCUT2D eigenvalue weighted by Gasteiger charge is -2.26. The minimum atomic E-state index is -0.434. The number of nitrogens with zero attached hydrogens (tertiary/aromatic N) is 2. The van der Waals surface area contributed by atoms with Gasteiger partial charge in [-0.3, -0.25) is 0 Å². The molecule has 0 aromatic rings. The third-order valence-electron chi connectivity index (χ3n) is 3.60. The molecule has 104 valence electrons. The third kappa shape index (κ3) is 2.78. The second-order valence-electron chi connectivity index (χ2n) is 6.45. The van der Waals surface area contributed by atoms with Crippen LogP contribution in [0.4, 0.5) is 4.79 Å². The number of fused-ring (bicyclic) bond motifs is 1. The summed E-state index contributed by atoms with van der Waals surface area (Å²) in [5.41, 5.74) is -0.434. The highest BCUT2D eigenvalue weighted by atomic mass is 16.6. The number of ether oxygens (including phenoxy) is 2. The molecule has 0 N–H and O–H groups in total. The number of carbonyl (C=O) groups excluding carboxylic acids is 1. The predicted molar refractivity (Wildman–Crippen MR) is 68.5 cm³/mol. The number of likely N-dealkylation sites (N-methyl/N-ethyl adjacent to an activating group) is 1. The highest BCUT2D eigenvalue weighted by molar-refractivity contribution is 5.68. The van der Waals surface area contributed by atoms with Crippen LogP contribution in [0.25, 0.3) is 0 Å². The van der Waals surface area contributed by atoms with Gasteiger partial charge in [-0.25, -0.2) is 4.79 Å². The number of rotatable bonds is 1. The van der Waals surface area contributed by atoms with Crippen molar-refractivity contribution in [2.75, 3.05) is 33.8 Å².